The smallest absolute Gasteiger partial charge is 0.410 e. The third-order valence-corrected chi connectivity index (χ3v) is 11.2. The summed E-state index contributed by atoms with van der Waals surface area (Å²) >= 11 is 19.6. The molecule has 3 aromatic rings. The lowest BCUT2D eigenvalue weighted by Crippen LogP contribution is -2.51. The number of alkyl carbamates (subject to hydrolysis) is 1. The Kier molecular flexibility index (Phi) is 12.9. The molecule has 2 aliphatic heterocycles. The number of pyridine rings is 1. The van der Waals surface area contributed by atoms with Crippen LogP contribution < -0.4 is 15.0 Å². The van der Waals surface area contributed by atoms with Crippen molar-refractivity contribution in [2.24, 2.45) is 5.92 Å². The molecule has 3 heterocycles. The number of aromatic nitrogens is 1. The molecule has 14 heteroatoms. The summed E-state index contributed by atoms with van der Waals surface area (Å²) < 4.78 is 17.2. The SMILES string of the molecule is CNC(=O)OCCc1ccc(Cl)c(CN(C(=O)[C@H]2CN(C(=O)OC(C)(C)C)CC[C@@H]2c2ccc(N3CC[C@@H](Oc4c(Cl)cc(C)cc4Cl)C3)nc2)C2CC2)c1. The van der Waals surface area contributed by atoms with Crippen LogP contribution in [0.4, 0.5) is 15.4 Å². The third-order valence-electron chi connectivity index (χ3n) is 10.2. The molecule has 1 aliphatic carbocycles. The molecule has 0 bridgehead atoms. The first-order valence-corrected chi connectivity index (χ1v) is 20.1. The number of carbonyl (C=O) groups excluding carboxylic acids is 3. The van der Waals surface area contributed by atoms with Gasteiger partial charge >= 0.3 is 12.2 Å². The third kappa shape index (κ3) is 10.5. The van der Waals surface area contributed by atoms with Gasteiger partial charge in [-0.1, -0.05) is 53.0 Å². The Morgan fingerprint density at radius 3 is 2.35 bits per heavy atom. The number of nitrogens with one attached hydrogen (secondary N) is 1. The van der Waals surface area contributed by atoms with Gasteiger partial charge in [-0.3, -0.25) is 4.79 Å². The summed E-state index contributed by atoms with van der Waals surface area (Å²) in [7, 11) is 1.52. The first-order valence-electron chi connectivity index (χ1n) is 18.9. The average Bonchev–Trinajstić information content (AvgIpc) is 3.88. The molecule has 3 aliphatic rings. The molecule has 0 spiro atoms. The van der Waals surface area contributed by atoms with E-state index in [1.54, 1.807) is 4.90 Å². The topological polar surface area (TPSA) is 114 Å². The van der Waals surface area contributed by atoms with E-state index in [1.165, 1.54) is 7.05 Å². The van der Waals surface area contributed by atoms with Crippen LogP contribution in [0.25, 0.3) is 0 Å². The van der Waals surface area contributed by atoms with Gasteiger partial charge in [0, 0.05) is 69.2 Å². The van der Waals surface area contributed by atoms with E-state index in [-0.39, 0.29) is 37.1 Å². The van der Waals surface area contributed by atoms with Gasteiger partial charge in [0.05, 0.1) is 29.1 Å². The molecular weight excluding hydrogens is 765 g/mol. The van der Waals surface area contributed by atoms with Crippen molar-refractivity contribution in [3.05, 3.63) is 86.0 Å². The van der Waals surface area contributed by atoms with E-state index in [0.29, 0.717) is 53.3 Å². The van der Waals surface area contributed by atoms with Crippen molar-refractivity contribution in [1.29, 1.82) is 0 Å². The van der Waals surface area contributed by atoms with Crippen molar-refractivity contribution < 1.29 is 28.6 Å². The number of piperidine rings is 1. The number of rotatable bonds is 11. The number of halogens is 3. The fourth-order valence-electron chi connectivity index (χ4n) is 7.30. The number of likely N-dealkylation sites (tertiary alicyclic amines) is 1. The molecule has 11 nitrogen and oxygen atoms in total. The second-order valence-corrected chi connectivity index (χ2v) is 16.9. The van der Waals surface area contributed by atoms with E-state index in [2.05, 4.69) is 16.3 Å². The number of benzene rings is 2. The molecule has 3 atom stereocenters. The standard InChI is InChI=1S/C41H50Cl3N5O6/c1-25-18-34(43)37(35(44)19-25)54-30-12-15-47(23-30)36-11-7-27(21-46-36)31-13-16-48(40(52)55-41(2,3)4)24-32(31)38(50)49(29-8-9-29)22-28-20-26(6-10-33(28)42)14-17-53-39(51)45-5/h6-7,10-11,18-21,29-32H,8-9,12-17,22-24H2,1-5H3,(H,45,51)/t30-,31-,32+/m1/s1. The summed E-state index contributed by atoms with van der Waals surface area (Å²) in [5, 5.41) is 4.00. The van der Waals surface area contributed by atoms with Gasteiger partial charge in [-0.2, -0.15) is 0 Å². The Hall–Kier alpha value is -3.93. The fourth-order valence-corrected chi connectivity index (χ4v) is 8.17. The van der Waals surface area contributed by atoms with Crippen LogP contribution in [-0.4, -0.2) is 90.5 Å². The van der Waals surface area contributed by atoms with Crippen LogP contribution in [0.15, 0.2) is 48.7 Å². The zero-order chi connectivity index (χ0) is 39.4. The van der Waals surface area contributed by atoms with Gasteiger partial charge in [-0.15, -0.1) is 0 Å². The zero-order valence-electron chi connectivity index (χ0n) is 32.1. The van der Waals surface area contributed by atoms with Crippen molar-refractivity contribution in [3.63, 3.8) is 0 Å². The van der Waals surface area contributed by atoms with Crippen LogP contribution in [0.5, 0.6) is 5.75 Å². The number of anilines is 1. The summed E-state index contributed by atoms with van der Waals surface area (Å²) in [5.74, 6) is 0.603. The molecule has 1 saturated carbocycles. The fraction of sp³-hybridized carbons (Fsp3) is 0.512. The van der Waals surface area contributed by atoms with Crippen LogP contribution >= 0.6 is 34.8 Å². The molecule has 3 amide bonds. The number of hydrogen-bond acceptors (Lipinski definition) is 8. The molecule has 2 aromatic carbocycles. The minimum absolute atomic E-state index is 0.0257. The maximum absolute atomic E-state index is 14.8. The molecule has 296 valence electrons. The molecule has 1 aromatic heterocycles. The van der Waals surface area contributed by atoms with Gasteiger partial charge in [-0.05, 0) is 93.5 Å². The van der Waals surface area contributed by atoms with E-state index < -0.39 is 23.7 Å². The molecule has 3 fully saturated rings. The van der Waals surface area contributed by atoms with Crippen molar-refractivity contribution in [3.8, 4) is 5.75 Å². The van der Waals surface area contributed by atoms with Crippen molar-refractivity contribution >= 4 is 58.7 Å². The first-order chi connectivity index (χ1) is 26.2. The lowest BCUT2D eigenvalue weighted by Gasteiger charge is -2.40. The Morgan fingerprint density at radius 1 is 0.945 bits per heavy atom. The Labute approximate surface area is 338 Å². The predicted molar refractivity (Wildman–Crippen MR) is 214 cm³/mol. The predicted octanol–water partition coefficient (Wildman–Crippen LogP) is 8.44. The summed E-state index contributed by atoms with van der Waals surface area (Å²) in [5.41, 5.74) is 3.02. The minimum atomic E-state index is -0.668. The number of amides is 3. The monoisotopic (exact) mass is 813 g/mol. The highest BCUT2D eigenvalue weighted by molar-refractivity contribution is 6.37. The highest BCUT2D eigenvalue weighted by Gasteiger charge is 2.43. The van der Waals surface area contributed by atoms with Crippen molar-refractivity contribution in [2.45, 2.75) is 90.0 Å². The minimum Gasteiger partial charge on any atom is -0.485 e. The summed E-state index contributed by atoms with van der Waals surface area (Å²) in [6.07, 6.45) is 4.52. The Balaban J connectivity index is 1.19. The highest BCUT2D eigenvalue weighted by atomic mass is 35.5. The van der Waals surface area contributed by atoms with Crippen LogP contribution in [-0.2, 0) is 27.2 Å². The maximum Gasteiger partial charge on any atom is 0.410 e. The normalized spacial score (nSPS) is 19.9. The van der Waals surface area contributed by atoms with E-state index in [0.717, 1.165) is 53.9 Å². The van der Waals surface area contributed by atoms with E-state index in [9.17, 15) is 14.4 Å². The van der Waals surface area contributed by atoms with Gasteiger partial charge in [0.15, 0.2) is 5.75 Å². The first kappa shape index (κ1) is 40.7. The van der Waals surface area contributed by atoms with Gasteiger partial charge < -0.3 is 34.2 Å². The van der Waals surface area contributed by atoms with E-state index >= 15 is 0 Å². The number of ether oxygens (including phenoxy) is 3. The van der Waals surface area contributed by atoms with Crippen LogP contribution in [0, 0.1) is 12.8 Å². The molecule has 6 rings (SSSR count). The largest absolute Gasteiger partial charge is 0.485 e. The molecule has 1 N–H and O–H groups in total. The lowest BCUT2D eigenvalue weighted by atomic mass is 9.80. The lowest BCUT2D eigenvalue weighted by molar-refractivity contribution is -0.139. The van der Waals surface area contributed by atoms with Gasteiger partial charge in [0.2, 0.25) is 5.91 Å². The van der Waals surface area contributed by atoms with E-state index in [1.807, 2.05) is 75.2 Å². The van der Waals surface area contributed by atoms with Crippen LogP contribution in [0.1, 0.15) is 74.6 Å². The number of carbonyl (C=O) groups is 3. The second-order valence-electron chi connectivity index (χ2n) is 15.7. The average molecular weight is 815 g/mol. The molecular formula is C41H50Cl3N5O6. The quantitative estimate of drug-likeness (QED) is 0.205. The van der Waals surface area contributed by atoms with Gasteiger partial charge in [0.1, 0.15) is 17.5 Å². The number of hydrogen-bond donors (Lipinski definition) is 1. The van der Waals surface area contributed by atoms with Gasteiger partial charge in [0.25, 0.3) is 0 Å². The molecule has 2 saturated heterocycles. The maximum atomic E-state index is 14.8. The summed E-state index contributed by atoms with van der Waals surface area (Å²) in [6, 6.07) is 13.5. The molecule has 0 unspecified atom stereocenters. The second kappa shape index (κ2) is 17.5. The Bertz CT molecular complexity index is 1840. The molecule has 0 radical (unpaired) electrons. The molecule has 55 heavy (non-hydrogen) atoms. The van der Waals surface area contributed by atoms with E-state index in [4.69, 9.17) is 54.0 Å². The summed E-state index contributed by atoms with van der Waals surface area (Å²) in [6.45, 7) is 10.1. The highest BCUT2D eigenvalue weighted by Crippen LogP contribution is 2.40. The number of aryl methyl sites for hydroxylation is 1. The van der Waals surface area contributed by atoms with Crippen molar-refractivity contribution in [1.82, 2.24) is 20.1 Å². The van der Waals surface area contributed by atoms with Gasteiger partial charge in [-0.25, -0.2) is 14.6 Å². The zero-order valence-corrected chi connectivity index (χ0v) is 34.3. The number of nitrogens with zero attached hydrogens (tertiary/aromatic N) is 4. The summed E-state index contributed by atoms with van der Waals surface area (Å²) in [4.78, 5) is 50.3. The van der Waals surface area contributed by atoms with Crippen LogP contribution in [0.3, 0.4) is 0 Å². The Morgan fingerprint density at radius 2 is 1.69 bits per heavy atom. The van der Waals surface area contributed by atoms with Crippen molar-refractivity contribution in [2.75, 3.05) is 44.7 Å². The van der Waals surface area contributed by atoms with Crippen LogP contribution in [0.2, 0.25) is 15.1 Å².